The number of hydrogen-bond donors (Lipinski definition) is 5. The Morgan fingerprint density at radius 1 is 1.38 bits per heavy atom. The number of aliphatic hydroxyl groups excluding tert-OH is 2. The van der Waals surface area contributed by atoms with E-state index < -0.39 is 17.7 Å². The van der Waals surface area contributed by atoms with E-state index in [1.807, 2.05) is 0 Å². The molecule has 2 heterocycles. The topological polar surface area (TPSA) is 156 Å². The molecule has 112 valence electrons. The lowest BCUT2D eigenvalue weighted by Gasteiger charge is -2.30. The zero-order chi connectivity index (χ0) is 15.4. The lowest BCUT2D eigenvalue weighted by atomic mass is 9.95. The standard InChI is InChI=1S/C12H16N6O3/c1-12(21)6(2-5(3-19)8(12)20)18-4-15-7-9(13)16-11(14)17-10(7)18/h2,4,6,8,19-21H,3H2,1H3,(H4,13,14,16,17)/t6-,8-,12+/m1/s1. The first kappa shape index (κ1) is 13.7. The van der Waals surface area contributed by atoms with Crippen molar-refractivity contribution in [2.75, 3.05) is 18.1 Å². The molecule has 3 rings (SSSR count). The van der Waals surface area contributed by atoms with Crippen LogP contribution in [0.1, 0.15) is 13.0 Å². The molecule has 21 heavy (non-hydrogen) atoms. The third kappa shape index (κ3) is 1.86. The highest BCUT2D eigenvalue weighted by molar-refractivity contribution is 5.82. The molecule has 0 radical (unpaired) electrons. The Bertz CT molecular complexity index is 738. The Morgan fingerprint density at radius 3 is 2.71 bits per heavy atom. The summed E-state index contributed by atoms with van der Waals surface area (Å²) in [6, 6.07) is -0.659. The Balaban J connectivity index is 2.19. The highest BCUT2D eigenvalue weighted by Gasteiger charge is 2.46. The van der Waals surface area contributed by atoms with Gasteiger partial charge in [0.25, 0.3) is 0 Å². The third-order valence-corrected chi connectivity index (χ3v) is 3.82. The maximum absolute atomic E-state index is 10.5. The molecule has 0 unspecified atom stereocenters. The van der Waals surface area contributed by atoms with Crippen LogP contribution in [0.25, 0.3) is 11.2 Å². The summed E-state index contributed by atoms with van der Waals surface area (Å²) in [6.45, 7) is 1.13. The van der Waals surface area contributed by atoms with Crippen molar-refractivity contribution in [3.05, 3.63) is 18.0 Å². The Morgan fingerprint density at radius 2 is 2.10 bits per heavy atom. The third-order valence-electron chi connectivity index (χ3n) is 3.82. The molecule has 0 saturated heterocycles. The lowest BCUT2D eigenvalue weighted by molar-refractivity contribution is -0.0567. The predicted octanol–water partition coefficient (Wildman–Crippen LogP) is -1.42. The van der Waals surface area contributed by atoms with Crippen LogP contribution in [-0.4, -0.2) is 53.2 Å². The number of nitrogens with two attached hydrogens (primary N) is 2. The van der Waals surface area contributed by atoms with Gasteiger partial charge in [-0.1, -0.05) is 6.08 Å². The molecule has 0 aromatic carbocycles. The van der Waals surface area contributed by atoms with E-state index in [2.05, 4.69) is 15.0 Å². The van der Waals surface area contributed by atoms with E-state index in [-0.39, 0.29) is 18.4 Å². The first-order valence-electron chi connectivity index (χ1n) is 6.33. The minimum Gasteiger partial charge on any atom is -0.392 e. The van der Waals surface area contributed by atoms with Gasteiger partial charge in [-0.15, -0.1) is 0 Å². The Labute approximate surface area is 119 Å². The average molecular weight is 292 g/mol. The van der Waals surface area contributed by atoms with Gasteiger partial charge in [-0.3, -0.25) is 0 Å². The highest BCUT2D eigenvalue weighted by Crippen LogP contribution is 2.39. The van der Waals surface area contributed by atoms with Crippen LogP contribution in [0.4, 0.5) is 11.8 Å². The summed E-state index contributed by atoms with van der Waals surface area (Å²) in [6.07, 6.45) is 1.85. The van der Waals surface area contributed by atoms with Crippen molar-refractivity contribution in [2.24, 2.45) is 0 Å². The second-order valence-electron chi connectivity index (χ2n) is 5.26. The molecule has 2 aromatic rings. The fourth-order valence-corrected chi connectivity index (χ4v) is 2.66. The van der Waals surface area contributed by atoms with Gasteiger partial charge in [0, 0.05) is 0 Å². The minimum atomic E-state index is -1.51. The van der Waals surface area contributed by atoms with Crippen molar-refractivity contribution in [1.29, 1.82) is 0 Å². The molecule has 1 aliphatic carbocycles. The van der Waals surface area contributed by atoms with E-state index >= 15 is 0 Å². The van der Waals surface area contributed by atoms with E-state index in [1.165, 1.54) is 13.3 Å². The van der Waals surface area contributed by atoms with E-state index in [0.29, 0.717) is 16.7 Å². The predicted molar refractivity (Wildman–Crippen MR) is 75.0 cm³/mol. The second kappa shape index (κ2) is 4.38. The van der Waals surface area contributed by atoms with Crippen LogP contribution < -0.4 is 11.5 Å². The summed E-state index contributed by atoms with van der Waals surface area (Å²) in [4.78, 5) is 12.0. The van der Waals surface area contributed by atoms with Crippen LogP contribution in [-0.2, 0) is 0 Å². The summed E-state index contributed by atoms with van der Waals surface area (Å²) in [7, 11) is 0. The Kier molecular flexibility index (Phi) is 2.87. The van der Waals surface area contributed by atoms with Crippen LogP contribution in [0.2, 0.25) is 0 Å². The average Bonchev–Trinajstić information content (AvgIpc) is 2.91. The summed E-state index contributed by atoms with van der Waals surface area (Å²) >= 11 is 0. The molecule has 0 bridgehead atoms. The van der Waals surface area contributed by atoms with Gasteiger partial charge >= 0.3 is 0 Å². The lowest BCUT2D eigenvalue weighted by Crippen LogP contribution is -2.43. The Hall–Kier alpha value is -2.23. The van der Waals surface area contributed by atoms with Gasteiger partial charge in [0.1, 0.15) is 17.2 Å². The molecule has 1 aliphatic rings. The van der Waals surface area contributed by atoms with Crippen LogP contribution in [0.3, 0.4) is 0 Å². The minimum absolute atomic E-state index is 0.00806. The molecule has 0 aliphatic heterocycles. The van der Waals surface area contributed by atoms with Gasteiger partial charge in [-0.25, -0.2) is 4.98 Å². The van der Waals surface area contributed by atoms with Crippen molar-refractivity contribution in [3.63, 3.8) is 0 Å². The van der Waals surface area contributed by atoms with Crippen molar-refractivity contribution in [1.82, 2.24) is 19.5 Å². The molecule has 9 heteroatoms. The first-order valence-corrected chi connectivity index (χ1v) is 6.33. The van der Waals surface area contributed by atoms with E-state index in [4.69, 9.17) is 11.5 Å². The van der Waals surface area contributed by atoms with Crippen molar-refractivity contribution in [2.45, 2.75) is 24.7 Å². The molecule has 2 aromatic heterocycles. The number of aliphatic hydroxyl groups is 3. The van der Waals surface area contributed by atoms with Gasteiger partial charge in [0.05, 0.1) is 19.0 Å². The van der Waals surface area contributed by atoms with Crippen molar-refractivity contribution < 1.29 is 15.3 Å². The molecular formula is C12H16N6O3. The molecule has 3 atom stereocenters. The number of nitrogen functional groups attached to an aromatic ring is 2. The van der Waals surface area contributed by atoms with Gasteiger partial charge < -0.3 is 31.4 Å². The molecule has 7 N–H and O–H groups in total. The fraction of sp³-hybridized carbons (Fsp3) is 0.417. The highest BCUT2D eigenvalue weighted by atomic mass is 16.3. The summed E-state index contributed by atoms with van der Waals surface area (Å²) < 4.78 is 1.55. The van der Waals surface area contributed by atoms with Gasteiger partial charge in [-0.05, 0) is 12.5 Å². The monoisotopic (exact) mass is 292 g/mol. The largest absolute Gasteiger partial charge is 0.392 e. The number of aromatic nitrogens is 4. The van der Waals surface area contributed by atoms with Gasteiger partial charge in [0.15, 0.2) is 11.5 Å². The van der Waals surface area contributed by atoms with Crippen LogP contribution in [0, 0.1) is 0 Å². The van der Waals surface area contributed by atoms with E-state index in [0.717, 1.165) is 0 Å². The summed E-state index contributed by atoms with van der Waals surface area (Å²) in [5, 5.41) is 29.9. The van der Waals surface area contributed by atoms with Gasteiger partial charge in [-0.2, -0.15) is 9.97 Å². The molecular weight excluding hydrogens is 276 g/mol. The number of fused-ring (bicyclic) bond motifs is 1. The van der Waals surface area contributed by atoms with E-state index in [1.54, 1.807) is 10.6 Å². The smallest absolute Gasteiger partial charge is 0.224 e. The molecule has 0 spiro atoms. The fourth-order valence-electron chi connectivity index (χ4n) is 2.66. The zero-order valence-corrected chi connectivity index (χ0v) is 11.3. The maximum atomic E-state index is 10.5. The first-order chi connectivity index (χ1) is 9.86. The molecule has 0 saturated carbocycles. The molecule has 0 fully saturated rings. The van der Waals surface area contributed by atoms with E-state index in [9.17, 15) is 15.3 Å². The normalized spacial score (nSPS) is 29.0. The van der Waals surface area contributed by atoms with Gasteiger partial charge in [0.2, 0.25) is 5.95 Å². The quantitative estimate of drug-likeness (QED) is 0.422. The zero-order valence-electron chi connectivity index (χ0n) is 11.3. The number of hydrogen-bond acceptors (Lipinski definition) is 8. The number of rotatable bonds is 2. The SMILES string of the molecule is C[C@@]1(O)[C@H](O)C(CO)=C[C@H]1n1cnc2c(N)nc(N)nc21. The molecule has 9 nitrogen and oxygen atoms in total. The number of imidazole rings is 1. The van der Waals surface area contributed by atoms with Crippen molar-refractivity contribution >= 4 is 22.9 Å². The van der Waals surface area contributed by atoms with Crippen LogP contribution >= 0.6 is 0 Å². The second-order valence-corrected chi connectivity index (χ2v) is 5.26. The summed E-state index contributed by atoms with van der Waals surface area (Å²) in [5.41, 5.74) is 10.9. The van der Waals surface area contributed by atoms with Crippen LogP contribution in [0.5, 0.6) is 0 Å². The van der Waals surface area contributed by atoms with Crippen LogP contribution in [0.15, 0.2) is 18.0 Å². The number of anilines is 2. The summed E-state index contributed by atoms with van der Waals surface area (Å²) in [5.74, 6) is 0.132. The maximum Gasteiger partial charge on any atom is 0.224 e. The number of nitrogens with zero attached hydrogens (tertiary/aromatic N) is 4. The van der Waals surface area contributed by atoms with Crippen molar-refractivity contribution in [3.8, 4) is 0 Å². The molecule has 0 amide bonds.